The quantitative estimate of drug-likeness (QED) is 0.415. The molecule has 8 heteroatoms. The highest BCUT2D eigenvalue weighted by molar-refractivity contribution is 5.95. The normalized spacial score (nSPS) is 17.2. The van der Waals surface area contributed by atoms with E-state index in [9.17, 15) is 13.6 Å². The van der Waals surface area contributed by atoms with Crippen molar-refractivity contribution in [1.82, 2.24) is 9.88 Å². The van der Waals surface area contributed by atoms with Gasteiger partial charge in [0.25, 0.3) is 5.91 Å². The van der Waals surface area contributed by atoms with E-state index in [1.165, 1.54) is 12.1 Å². The summed E-state index contributed by atoms with van der Waals surface area (Å²) in [5.74, 6) is 0.209. The number of hydrogen-bond donors (Lipinski definition) is 0. The van der Waals surface area contributed by atoms with Crippen LogP contribution in [0.15, 0.2) is 59.0 Å². The van der Waals surface area contributed by atoms with Gasteiger partial charge in [0.15, 0.2) is 17.1 Å². The number of nitrogens with zero attached hydrogens (tertiary/aromatic N) is 2. The van der Waals surface area contributed by atoms with E-state index < -0.39 is 11.6 Å². The molecule has 1 unspecified atom stereocenters. The van der Waals surface area contributed by atoms with Crippen molar-refractivity contribution in [2.24, 2.45) is 0 Å². The van der Waals surface area contributed by atoms with Crippen LogP contribution in [0.25, 0.3) is 22.2 Å². The molecule has 166 valence electrons. The molecule has 1 atom stereocenters. The average molecular weight is 448 g/mol. The van der Waals surface area contributed by atoms with Crippen molar-refractivity contribution >= 4 is 17.0 Å². The topological polar surface area (TPSA) is 64.8 Å². The van der Waals surface area contributed by atoms with Crippen molar-refractivity contribution in [2.45, 2.75) is 18.9 Å². The van der Waals surface area contributed by atoms with Gasteiger partial charge in [-0.15, -0.1) is 0 Å². The maximum atomic E-state index is 14.2. The zero-order chi connectivity index (χ0) is 22.5. The molecular formula is C25H18F2N2O4. The van der Waals surface area contributed by atoms with Crippen LogP contribution in [0.4, 0.5) is 8.78 Å². The molecule has 1 saturated heterocycles. The van der Waals surface area contributed by atoms with Crippen LogP contribution >= 0.6 is 0 Å². The van der Waals surface area contributed by atoms with E-state index in [1.807, 2.05) is 0 Å². The summed E-state index contributed by atoms with van der Waals surface area (Å²) in [5, 5.41) is 0. The van der Waals surface area contributed by atoms with Gasteiger partial charge < -0.3 is 18.8 Å². The van der Waals surface area contributed by atoms with E-state index in [0.717, 1.165) is 18.9 Å². The zero-order valence-electron chi connectivity index (χ0n) is 17.4. The van der Waals surface area contributed by atoms with Crippen LogP contribution < -0.4 is 9.47 Å². The molecule has 3 aromatic carbocycles. The van der Waals surface area contributed by atoms with Crippen LogP contribution in [0, 0.1) is 11.6 Å². The predicted molar refractivity (Wildman–Crippen MR) is 115 cm³/mol. The first-order valence-electron chi connectivity index (χ1n) is 10.6. The van der Waals surface area contributed by atoms with E-state index in [2.05, 4.69) is 4.98 Å². The lowest BCUT2D eigenvalue weighted by molar-refractivity contribution is 0.0716. The summed E-state index contributed by atoms with van der Waals surface area (Å²) in [6.45, 7) is 0.731. The fraction of sp³-hybridized carbons (Fsp3) is 0.200. The van der Waals surface area contributed by atoms with Crippen LogP contribution in [-0.2, 0) is 0 Å². The van der Waals surface area contributed by atoms with Crippen molar-refractivity contribution in [2.75, 3.05) is 13.3 Å². The van der Waals surface area contributed by atoms with Gasteiger partial charge in [0.1, 0.15) is 23.2 Å². The molecular weight excluding hydrogens is 430 g/mol. The van der Waals surface area contributed by atoms with Crippen LogP contribution in [0.1, 0.15) is 35.1 Å². The Balaban J connectivity index is 1.31. The van der Waals surface area contributed by atoms with E-state index in [-0.39, 0.29) is 24.3 Å². The zero-order valence-corrected chi connectivity index (χ0v) is 17.4. The van der Waals surface area contributed by atoms with Gasteiger partial charge in [-0.2, -0.15) is 0 Å². The van der Waals surface area contributed by atoms with Gasteiger partial charge in [-0.05, 0) is 60.9 Å². The van der Waals surface area contributed by atoms with Crippen molar-refractivity contribution in [3.63, 3.8) is 0 Å². The number of aromatic nitrogens is 1. The molecule has 0 saturated carbocycles. The lowest BCUT2D eigenvalue weighted by atomic mass is 10.0. The lowest BCUT2D eigenvalue weighted by Gasteiger charge is -2.22. The number of amides is 1. The third-order valence-corrected chi connectivity index (χ3v) is 6.06. The summed E-state index contributed by atoms with van der Waals surface area (Å²) in [7, 11) is 0. The summed E-state index contributed by atoms with van der Waals surface area (Å²) >= 11 is 0. The Morgan fingerprint density at radius 3 is 2.76 bits per heavy atom. The van der Waals surface area contributed by atoms with Gasteiger partial charge in [0.2, 0.25) is 12.7 Å². The largest absolute Gasteiger partial charge is 0.454 e. The highest BCUT2D eigenvalue weighted by Crippen LogP contribution is 2.37. The molecule has 2 aliphatic heterocycles. The van der Waals surface area contributed by atoms with Crippen LogP contribution in [0.3, 0.4) is 0 Å². The minimum Gasteiger partial charge on any atom is -0.454 e. The molecule has 1 aromatic heterocycles. The molecule has 6 nitrogen and oxygen atoms in total. The number of oxazole rings is 1. The second-order valence-corrected chi connectivity index (χ2v) is 8.08. The molecule has 3 heterocycles. The van der Waals surface area contributed by atoms with Crippen molar-refractivity contribution in [3.05, 3.63) is 77.7 Å². The van der Waals surface area contributed by atoms with E-state index >= 15 is 0 Å². The molecule has 2 aliphatic rings. The number of ether oxygens (including phenoxy) is 2. The molecule has 0 bridgehead atoms. The number of rotatable bonds is 3. The number of benzene rings is 3. The van der Waals surface area contributed by atoms with Gasteiger partial charge >= 0.3 is 0 Å². The standard InChI is InChI=1S/C25H18F2N2O4/c26-16-5-6-17(18(27)12-16)14-3-7-21-19(10-14)28-24(33-21)20-2-1-9-29(20)25(30)15-4-8-22-23(11-15)32-13-31-22/h3-8,10-12,20H,1-2,9,13H2. The Bertz CT molecular complexity index is 1400. The molecule has 1 fully saturated rings. The predicted octanol–water partition coefficient (Wildman–Crippen LogP) is 5.48. The third kappa shape index (κ3) is 3.38. The summed E-state index contributed by atoms with van der Waals surface area (Å²) in [6, 6.07) is 13.4. The summed E-state index contributed by atoms with van der Waals surface area (Å²) in [6.07, 6.45) is 1.55. The molecule has 0 spiro atoms. The lowest BCUT2D eigenvalue weighted by Crippen LogP contribution is -2.30. The SMILES string of the molecule is O=C(c1ccc2c(c1)OCO2)N1CCCC1c1nc2cc(-c3ccc(F)cc3F)ccc2o1. The first kappa shape index (κ1) is 19.7. The Morgan fingerprint density at radius 1 is 1.00 bits per heavy atom. The highest BCUT2D eigenvalue weighted by atomic mass is 19.1. The van der Waals surface area contributed by atoms with Crippen LogP contribution in [0.5, 0.6) is 11.5 Å². The second-order valence-electron chi connectivity index (χ2n) is 8.08. The molecule has 0 aliphatic carbocycles. The number of halogens is 2. The smallest absolute Gasteiger partial charge is 0.254 e. The van der Waals surface area contributed by atoms with E-state index in [0.29, 0.717) is 46.2 Å². The Labute approximate surface area is 187 Å². The van der Waals surface area contributed by atoms with Crippen molar-refractivity contribution in [3.8, 4) is 22.6 Å². The molecule has 6 rings (SSSR count). The fourth-order valence-corrected chi connectivity index (χ4v) is 4.44. The Morgan fingerprint density at radius 2 is 1.88 bits per heavy atom. The number of carbonyl (C=O) groups is 1. The second kappa shape index (κ2) is 7.58. The first-order valence-corrected chi connectivity index (χ1v) is 10.6. The maximum absolute atomic E-state index is 14.2. The van der Waals surface area contributed by atoms with Gasteiger partial charge in [0, 0.05) is 23.7 Å². The number of carbonyl (C=O) groups excluding carboxylic acids is 1. The minimum atomic E-state index is -0.644. The van der Waals surface area contributed by atoms with E-state index in [4.69, 9.17) is 13.9 Å². The summed E-state index contributed by atoms with van der Waals surface area (Å²) in [4.78, 5) is 19.6. The van der Waals surface area contributed by atoms with E-state index in [1.54, 1.807) is 41.3 Å². The van der Waals surface area contributed by atoms with Crippen molar-refractivity contribution < 1.29 is 27.5 Å². The minimum absolute atomic E-state index is 0.132. The number of hydrogen-bond acceptors (Lipinski definition) is 5. The molecule has 4 aromatic rings. The maximum Gasteiger partial charge on any atom is 0.254 e. The number of fused-ring (bicyclic) bond motifs is 2. The van der Waals surface area contributed by atoms with Crippen LogP contribution in [-0.4, -0.2) is 29.1 Å². The van der Waals surface area contributed by atoms with Gasteiger partial charge in [-0.25, -0.2) is 13.8 Å². The number of likely N-dealkylation sites (tertiary alicyclic amines) is 1. The van der Waals surface area contributed by atoms with Gasteiger partial charge in [-0.1, -0.05) is 6.07 Å². The molecule has 33 heavy (non-hydrogen) atoms. The molecule has 0 N–H and O–H groups in total. The third-order valence-electron chi connectivity index (χ3n) is 6.06. The Hall–Kier alpha value is -3.94. The van der Waals surface area contributed by atoms with Gasteiger partial charge in [-0.3, -0.25) is 4.79 Å². The summed E-state index contributed by atoms with van der Waals surface area (Å²) < 4.78 is 44.2. The first-order chi connectivity index (χ1) is 16.1. The molecule has 0 radical (unpaired) electrons. The summed E-state index contributed by atoms with van der Waals surface area (Å²) in [5.41, 5.74) is 2.45. The van der Waals surface area contributed by atoms with Crippen molar-refractivity contribution in [1.29, 1.82) is 0 Å². The van der Waals surface area contributed by atoms with Gasteiger partial charge in [0.05, 0.1) is 0 Å². The highest BCUT2D eigenvalue weighted by Gasteiger charge is 2.34. The van der Waals surface area contributed by atoms with Crippen LogP contribution in [0.2, 0.25) is 0 Å². The monoisotopic (exact) mass is 448 g/mol. The average Bonchev–Trinajstić information content (AvgIpc) is 3.56. The fourth-order valence-electron chi connectivity index (χ4n) is 4.44. The Kier molecular flexibility index (Phi) is 4.53. The molecule has 1 amide bonds.